The molecule has 1 fully saturated rings. The molecule has 1 aliphatic heterocycles. The SMILES string of the molecule is Nc1ccc(-c2ccc(C3CC(N)CCO3)nc2)c2ccccc12. The highest BCUT2D eigenvalue weighted by atomic mass is 16.5. The zero-order chi connectivity index (χ0) is 16.5. The monoisotopic (exact) mass is 319 g/mol. The Balaban J connectivity index is 1.70. The number of ether oxygens (including phenoxy) is 1. The number of hydrogen-bond donors (Lipinski definition) is 2. The van der Waals surface area contributed by atoms with Crippen molar-refractivity contribution >= 4 is 16.5 Å². The molecular weight excluding hydrogens is 298 g/mol. The molecule has 0 saturated carbocycles. The number of aromatic nitrogens is 1. The van der Waals surface area contributed by atoms with Crippen LogP contribution in [0.5, 0.6) is 0 Å². The van der Waals surface area contributed by atoms with Crippen molar-refractivity contribution in [1.82, 2.24) is 4.98 Å². The van der Waals surface area contributed by atoms with Crippen LogP contribution < -0.4 is 11.5 Å². The maximum Gasteiger partial charge on any atom is 0.101 e. The van der Waals surface area contributed by atoms with E-state index in [2.05, 4.69) is 23.2 Å². The Hall–Kier alpha value is -2.43. The van der Waals surface area contributed by atoms with E-state index in [0.717, 1.165) is 46.1 Å². The minimum absolute atomic E-state index is 0.00552. The quantitative estimate of drug-likeness (QED) is 0.707. The molecule has 0 bridgehead atoms. The van der Waals surface area contributed by atoms with Crippen molar-refractivity contribution in [2.24, 2.45) is 5.73 Å². The molecule has 0 spiro atoms. The van der Waals surface area contributed by atoms with Crippen LogP contribution in [0.2, 0.25) is 0 Å². The number of pyridine rings is 1. The lowest BCUT2D eigenvalue weighted by Gasteiger charge is -2.26. The molecule has 3 aromatic rings. The molecule has 4 N–H and O–H groups in total. The third kappa shape index (κ3) is 2.75. The smallest absolute Gasteiger partial charge is 0.101 e. The first-order chi connectivity index (χ1) is 11.7. The minimum Gasteiger partial charge on any atom is -0.398 e. The van der Waals surface area contributed by atoms with Gasteiger partial charge in [-0.25, -0.2) is 0 Å². The largest absolute Gasteiger partial charge is 0.398 e. The highest BCUT2D eigenvalue weighted by Gasteiger charge is 2.22. The zero-order valence-electron chi connectivity index (χ0n) is 13.5. The number of hydrogen-bond acceptors (Lipinski definition) is 4. The Labute approximate surface area is 141 Å². The molecule has 1 saturated heterocycles. The summed E-state index contributed by atoms with van der Waals surface area (Å²) in [6, 6.07) is 16.5. The zero-order valence-corrected chi connectivity index (χ0v) is 13.5. The van der Waals surface area contributed by atoms with Crippen molar-refractivity contribution in [1.29, 1.82) is 0 Å². The maximum absolute atomic E-state index is 6.09. The lowest BCUT2D eigenvalue weighted by atomic mass is 9.97. The van der Waals surface area contributed by atoms with Gasteiger partial charge in [0.05, 0.1) is 5.69 Å². The predicted octanol–water partition coefficient (Wildman–Crippen LogP) is 3.66. The van der Waals surface area contributed by atoms with E-state index in [4.69, 9.17) is 16.2 Å². The van der Waals surface area contributed by atoms with Crippen LogP contribution in [0.15, 0.2) is 54.7 Å². The van der Waals surface area contributed by atoms with E-state index in [1.165, 1.54) is 0 Å². The van der Waals surface area contributed by atoms with Gasteiger partial charge in [0, 0.05) is 35.5 Å². The standard InChI is InChI=1S/C20H21N3O/c21-14-9-10-24-20(11-14)19-8-5-13(12-23-19)15-6-7-18(22)17-4-2-1-3-16(15)17/h1-8,12,14,20H,9-11,21-22H2. The fraction of sp³-hybridized carbons (Fsp3) is 0.250. The Bertz CT molecular complexity index is 860. The second-order valence-corrected chi connectivity index (χ2v) is 6.36. The molecule has 4 rings (SSSR count). The van der Waals surface area contributed by atoms with Crippen LogP contribution in [0, 0.1) is 0 Å². The van der Waals surface area contributed by atoms with Gasteiger partial charge in [-0.1, -0.05) is 36.4 Å². The number of rotatable bonds is 2. The average Bonchev–Trinajstić information content (AvgIpc) is 2.63. The van der Waals surface area contributed by atoms with Gasteiger partial charge in [0.1, 0.15) is 6.10 Å². The van der Waals surface area contributed by atoms with Gasteiger partial charge in [-0.2, -0.15) is 0 Å². The molecule has 2 unspecified atom stereocenters. The van der Waals surface area contributed by atoms with E-state index in [1.54, 1.807) is 0 Å². The molecular formula is C20H21N3O. The van der Waals surface area contributed by atoms with Crippen LogP contribution in [0.3, 0.4) is 0 Å². The van der Waals surface area contributed by atoms with Gasteiger partial charge in [-0.05, 0) is 35.9 Å². The van der Waals surface area contributed by atoms with Crippen molar-refractivity contribution < 1.29 is 4.74 Å². The Morgan fingerprint density at radius 3 is 2.58 bits per heavy atom. The molecule has 0 amide bonds. The lowest BCUT2D eigenvalue weighted by Crippen LogP contribution is -2.30. The fourth-order valence-corrected chi connectivity index (χ4v) is 3.36. The van der Waals surface area contributed by atoms with Crippen LogP contribution in [-0.4, -0.2) is 17.6 Å². The van der Waals surface area contributed by atoms with Crippen molar-refractivity contribution in [2.75, 3.05) is 12.3 Å². The van der Waals surface area contributed by atoms with E-state index in [-0.39, 0.29) is 12.1 Å². The van der Waals surface area contributed by atoms with Crippen molar-refractivity contribution in [2.45, 2.75) is 25.0 Å². The fourth-order valence-electron chi connectivity index (χ4n) is 3.36. The van der Waals surface area contributed by atoms with Gasteiger partial charge >= 0.3 is 0 Å². The molecule has 2 atom stereocenters. The molecule has 0 radical (unpaired) electrons. The summed E-state index contributed by atoms with van der Waals surface area (Å²) < 4.78 is 5.81. The first-order valence-electron chi connectivity index (χ1n) is 8.33. The van der Waals surface area contributed by atoms with Crippen LogP contribution >= 0.6 is 0 Å². The van der Waals surface area contributed by atoms with Crippen molar-refractivity contribution in [3.63, 3.8) is 0 Å². The van der Waals surface area contributed by atoms with E-state index in [0.29, 0.717) is 6.61 Å². The third-order valence-corrected chi connectivity index (χ3v) is 4.71. The second-order valence-electron chi connectivity index (χ2n) is 6.36. The van der Waals surface area contributed by atoms with E-state index >= 15 is 0 Å². The summed E-state index contributed by atoms with van der Waals surface area (Å²) in [5.74, 6) is 0. The summed E-state index contributed by atoms with van der Waals surface area (Å²) in [7, 11) is 0. The summed E-state index contributed by atoms with van der Waals surface area (Å²) in [5.41, 5.74) is 16.1. The number of fused-ring (bicyclic) bond motifs is 1. The topological polar surface area (TPSA) is 74.2 Å². The normalized spacial score (nSPS) is 21.0. The van der Waals surface area contributed by atoms with Gasteiger partial charge in [-0.3, -0.25) is 4.98 Å². The molecule has 4 nitrogen and oxygen atoms in total. The molecule has 2 aromatic carbocycles. The summed E-state index contributed by atoms with van der Waals surface area (Å²) in [5, 5.41) is 2.21. The number of nitrogens with two attached hydrogens (primary N) is 2. The van der Waals surface area contributed by atoms with Gasteiger partial charge in [0.25, 0.3) is 0 Å². The summed E-state index contributed by atoms with van der Waals surface area (Å²) in [4.78, 5) is 4.63. The first-order valence-corrected chi connectivity index (χ1v) is 8.33. The molecule has 24 heavy (non-hydrogen) atoms. The predicted molar refractivity (Wildman–Crippen MR) is 97.5 cm³/mol. The highest BCUT2D eigenvalue weighted by Crippen LogP contribution is 2.33. The van der Waals surface area contributed by atoms with Crippen LogP contribution in [0.25, 0.3) is 21.9 Å². The Morgan fingerprint density at radius 1 is 1.00 bits per heavy atom. The van der Waals surface area contributed by atoms with Gasteiger partial charge in [0.2, 0.25) is 0 Å². The number of benzene rings is 2. The Morgan fingerprint density at radius 2 is 1.83 bits per heavy atom. The number of nitrogen functional groups attached to an aromatic ring is 1. The molecule has 0 aliphatic carbocycles. The molecule has 1 aliphatic rings. The van der Waals surface area contributed by atoms with E-state index in [1.807, 2.05) is 36.5 Å². The maximum atomic E-state index is 6.09. The summed E-state index contributed by atoms with van der Waals surface area (Å²) in [6.45, 7) is 0.706. The van der Waals surface area contributed by atoms with Crippen LogP contribution in [0.1, 0.15) is 24.6 Å². The first kappa shape index (κ1) is 15.1. The molecule has 4 heteroatoms. The van der Waals surface area contributed by atoms with Gasteiger partial charge in [-0.15, -0.1) is 0 Å². The van der Waals surface area contributed by atoms with Gasteiger partial charge in [0.15, 0.2) is 0 Å². The molecule has 122 valence electrons. The second kappa shape index (κ2) is 6.23. The van der Waals surface area contributed by atoms with E-state index < -0.39 is 0 Å². The van der Waals surface area contributed by atoms with Crippen molar-refractivity contribution in [3.8, 4) is 11.1 Å². The number of nitrogens with zero attached hydrogens (tertiary/aromatic N) is 1. The molecule has 1 aromatic heterocycles. The third-order valence-electron chi connectivity index (χ3n) is 4.71. The Kier molecular flexibility index (Phi) is 3.92. The summed E-state index contributed by atoms with van der Waals surface area (Å²) >= 11 is 0. The van der Waals surface area contributed by atoms with E-state index in [9.17, 15) is 0 Å². The lowest BCUT2D eigenvalue weighted by molar-refractivity contribution is 0.00414. The van der Waals surface area contributed by atoms with Crippen LogP contribution in [0.4, 0.5) is 5.69 Å². The number of anilines is 1. The average molecular weight is 319 g/mol. The van der Waals surface area contributed by atoms with Crippen LogP contribution in [-0.2, 0) is 4.74 Å². The highest BCUT2D eigenvalue weighted by molar-refractivity contribution is 6.02. The summed E-state index contributed by atoms with van der Waals surface area (Å²) in [6.07, 6.45) is 3.67. The minimum atomic E-state index is 0.00552. The van der Waals surface area contributed by atoms with Crippen molar-refractivity contribution in [3.05, 3.63) is 60.4 Å². The van der Waals surface area contributed by atoms with Gasteiger partial charge < -0.3 is 16.2 Å². The molecule has 2 heterocycles.